The predicted molar refractivity (Wildman–Crippen MR) is 90.7 cm³/mol. The van der Waals surface area contributed by atoms with Crippen LogP contribution in [0.15, 0.2) is 24.3 Å². The van der Waals surface area contributed by atoms with Crippen molar-refractivity contribution in [3.63, 3.8) is 0 Å². The summed E-state index contributed by atoms with van der Waals surface area (Å²) in [7, 11) is 0. The first-order chi connectivity index (χ1) is 11.4. The van der Waals surface area contributed by atoms with Gasteiger partial charge in [-0.2, -0.15) is 0 Å². The summed E-state index contributed by atoms with van der Waals surface area (Å²) in [5.74, 6) is -0.670. The fraction of sp³-hybridized carbons (Fsp3) is 0.556. The van der Waals surface area contributed by atoms with Crippen molar-refractivity contribution in [1.29, 1.82) is 0 Å². The zero-order chi connectivity index (χ0) is 17.7. The Labute approximate surface area is 142 Å². The van der Waals surface area contributed by atoms with Gasteiger partial charge in [-0.3, -0.25) is 9.59 Å². The lowest BCUT2D eigenvalue weighted by atomic mass is 10.1. The number of nitrogens with zero attached hydrogens (tertiary/aromatic N) is 1. The minimum Gasteiger partial charge on any atom is -0.346 e. The molecule has 1 aromatic carbocycles. The first-order valence-electron chi connectivity index (χ1n) is 8.45. The molecule has 1 atom stereocenters. The SMILES string of the molecule is CC(C)[C@H](N)C(=O)NCC(=O)N(CCc1cccc(F)c1)C1CC1. The number of carbonyl (C=O) groups is 2. The number of amides is 2. The molecule has 0 heterocycles. The Bertz CT molecular complexity index is 587. The molecule has 2 rings (SSSR count). The highest BCUT2D eigenvalue weighted by atomic mass is 19.1. The van der Waals surface area contributed by atoms with E-state index in [-0.39, 0.29) is 36.1 Å². The van der Waals surface area contributed by atoms with Crippen LogP contribution in [-0.4, -0.2) is 41.9 Å². The third-order valence-corrected chi connectivity index (χ3v) is 4.27. The van der Waals surface area contributed by atoms with Crippen LogP contribution in [0.1, 0.15) is 32.3 Å². The first-order valence-corrected chi connectivity index (χ1v) is 8.45. The maximum Gasteiger partial charge on any atom is 0.242 e. The van der Waals surface area contributed by atoms with Crippen molar-refractivity contribution < 1.29 is 14.0 Å². The van der Waals surface area contributed by atoms with Crippen LogP contribution in [0.5, 0.6) is 0 Å². The normalized spacial score (nSPS) is 15.2. The zero-order valence-corrected chi connectivity index (χ0v) is 14.3. The molecule has 0 saturated heterocycles. The summed E-state index contributed by atoms with van der Waals surface area (Å²) in [6.07, 6.45) is 2.56. The fourth-order valence-electron chi connectivity index (χ4n) is 2.52. The van der Waals surface area contributed by atoms with Crippen LogP contribution in [0, 0.1) is 11.7 Å². The summed E-state index contributed by atoms with van der Waals surface area (Å²) >= 11 is 0. The van der Waals surface area contributed by atoms with Crippen molar-refractivity contribution in [2.45, 2.75) is 45.2 Å². The van der Waals surface area contributed by atoms with Crippen LogP contribution < -0.4 is 11.1 Å². The standard InChI is InChI=1S/C18H26FN3O2/c1-12(2)17(20)18(24)21-11-16(23)22(15-6-7-15)9-8-13-4-3-5-14(19)10-13/h3-5,10,12,15,17H,6-9,11,20H2,1-2H3,(H,21,24)/t17-/m0/s1. The van der Waals surface area contributed by atoms with Crippen LogP contribution in [-0.2, 0) is 16.0 Å². The summed E-state index contributed by atoms with van der Waals surface area (Å²) in [6, 6.07) is 6.03. The van der Waals surface area contributed by atoms with Crippen molar-refractivity contribution in [2.24, 2.45) is 11.7 Å². The van der Waals surface area contributed by atoms with Gasteiger partial charge in [0, 0.05) is 12.6 Å². The largest absolute Gasteiger partial charge is 0.346 e. The average molecular weight is 335 g/mol. The molecule has 0 spiro atoms. The third kappa shape index (κ3) is 5.30. The first kappa shape index (κ1) is 18.4. The summed E-state index contributed by atoms with van der Waals surface area (Å²) < 4.78 is 13.2. The smallest absolute Gasteiger partial charge is 0.242 e. The maximum atomic E-state index is 13.2. The average Bonchev–Trinajstić information content (AvgIpc) is 3.36. The number of rotatable bonds is 8. The monoisotopic (exact) mass is 335 g/mol. The van der Waals surface area contributed by atoms with Gasteiger partial charge < -0.3 is 16.0 Å². The highest BCUT2D eigenvalue weighted by Gasteiger charge is 2.32. The molecule has 0 radical (unpaired) electrons. The van der Waals surface area contributed by atoms with E-state index in [1.807, 2.05) is 19.9 Å². The quantitative estimate of drug-likeness (QED) is 0.755. The Morgan fingerprint density at radius 2 is 2.08 bits per heavy atom. The fourth-order valence-corrected chi connectivity index (χ4v) is 2.52. The molecule has 0 aliphatic heterocycles. The number of carbonyl (C=O) groups excluding carboxylic acids is 2. The Hall–Kier alpha value is -1.95. The van der Waals surface area contributed by atoms with Gasteiger partial charge in [-0.25, -0.2) is 4.39 Å². The Kier molecular flexibility index (Phi) is 6.31. The van der Waals surface area contributed by atoms with Crippen LogP contribution in [0.4, 0.5) is 4.39 Å². The van der Waals surface area contributed by atoms with E-state index in [2.05, 4.69) is 5.32 Å². The summed E-state index contributed by atoms with van der Waals surface area (Å²) in [6.45, 7) is 4.21. The molecule has 1 aliphatic rings. The number of halogens is 1. The van der Waals surface area contributed by atoms with Gasteiger partial charge in [0.2, 0.25) is 11.8 Å². The molecule has 5 nitrogen and oxygen atoms in total. The van der Waals surface area contributed by atoms with E-state index < -0.39 is 6.04 Å². The molecule has 2 amide bonds. The van der Waals surface area contributed by atoms with Gasteiger partial charge in [0.05, 0.1) is 12.6 Å². The number of nitrogens with one attached hydrogen (secondary N) is 1. The Morgan fingerprint density at radius 1 is 1.38 bits per heavy atom. The molecule has 0 aromatic heterocycles. The topological polar surface area (TPSA) is 75.4 Å². The molecular weight excluding hydrogens is 309 g/mol. The van der Waals surface area contributed by atoms with E-state index in [1.165, 1.54) is 12.1 Å². The predicted octanol–water partition coefficient (Wildman–Crippen LogP) is 1.46. The summed E-state index contributed by atoms with van der Waals surface area (Å²) in [5.41, 5.74) is 6.63. The highest BCUT2D eigenvalue weighted by Crippen LogP contribution is 2.27. The third-order valence-electron chi connectivity index (χ3n) is 4.27. The lowest BCUT2D eigenvalue weighted by Crippen LogP contribution is -2.48. The lowest BCUT2D eigenvalue weighted by Gasteiger charge is -2.23. The molecule has 24 heavy (non-hydrogen) atoms. The molecule has 1 aromatic rings. The second-order valence-electron chi connectivity index (χ2n) is 6.69. The zero-order valence-electron chi connectivity index (χ0n) is 14.3. The summed E-state index contributed by atoms with van der Waals surface area (Å²) in [5, 5.41) is 2.62. The van der Waals surface area contributed by atoms with E-state index in [4.69, 9.17) is 5.73 Å². The van der Waals surface area contributed by atoms with Gasteiger partial charge in [0.1, 0.15) is 5.82 Å². The molecular formula is C18H26FN3O2. The van der Waals surface area contributed by atoms with Gasteiger partial charge in [0.25, 0.3) is 0 Å². The van der Waals surface area contributed by atoms with Crippen molar-refractivity contribution in [2.75, 3.05) is 13.1 Å². The molecule has 1 aliphatic carbocycles. The van der Waals surface area contributed by atoms with Gasteiger partial charge in [-0.15, -0.1) is 0 Å². The van der Waals surface area contributed by atoms with Gasteiger partial charge in [-0.05, 0) is 42.9 Å². The van der Waals surface area contributed by atoms with Crippen molar-refractivity contribution in [3.8, 4) is 0 Å². The van der Waals surface area contributed by atoms with E-state index in [1.54, 1.807) is 11.0 Å². The van der Waals surface area contributed by atoms with Gasteiger partial charge >= 0.3 is 0 Å². The van der Waals surface area contributed by atoms with Crippen LogP contribution >= 0.6 is 0 Å². The van der Waals surface area contributed by atoms with Crippen molar-refractivity contribution in [1.82, 2.24) is 10.2 Å². The molecule has 0 unspecified atom stereocenters. The molecule has 0 bridgehead atoms. The van der Waals surface area contributed by atoms with Gasteiger partial charge in [-0.1, -0.05) is 26.0 Å². The van der Waals surface area contributed by atoms with E-state index >= 15 is 0 Å². The van der Waals surface area contributed by atoms with Gasteiger partial charge in [0.15, 0.2) is 0 Å². The highest BCUT2D eigenvalue weighted by molar-refractivity contribution is 5.87. The van der Waals surface area contributed by atoms with Crippen molar-refractivity contribution >= 4 is 11.8 Å². The van der Waals surface area contributed by atoms with E-state index in [0.29, 0.717) is 13.0 Å². The molecule has 6 heteroatoms. The second kappa shape index (κ2) is 8.24. The van der Waals surface area contributed by atoms with Crippen molar-refractivity contribution in [3.05, 3.63) is 35.6 Å². The number of hydrogen-bond acceptors (Lipinski definition) is 3. The molecule has 132 valence electrons. The molecule has 1 saturated carbocycles. The number of nitrogens with two attached hydrogens (primary N) is 1. The maximum absolute atomic E-state index is 13.2. The lowest BCUT2D eigenvalue weighted by molar-refractivity contribution is -0.133. The summed E-state index contributed by atoms with van der Waals surface area (Å²) in [4.78, 5) is 26.1. The van der Waals surface area contributed by atoms with Crippen LogP contribution in [0.2, 0.25) is 0 Å². The molecule has 3 N–H and O–H groups in total. The van der Waals surface area contributed by atoms with E-state index in [9.17, 15) is 14.0 Å². The van der Waals surface area contributed by atoms with Crippen LogP contribution in [0.3, 0.4) is 0 Å². The Morgan fingerprint density at radius 3 is 2.67 bits per heavy atom. The second-order valence-corrected chi connectivity index (χ2v) is 6.69. The van der Waals surface area contributed by atoms with Crippen LogP contribution in [0.25, 0.3) is 0 Å². The minimum absolute atomic E-state index is 0.0209. The van der Waals surface area contributed by atoms with E-state index in [0.717, 1.165) is 18.4 Å². The number of hydrogen-bond donors (Lipinski definition) is 2. The Balaban J connectivity index is 1.86. The molecule has 1 fully saturated rings. The number of benzene rings is 1. The minimum atomic E-state index is -0.612.